The first kappa shape index (κ1) is 16.5. The molecule has 0 saturated carbocycles. The lowest BCUT2D eigenvalue weighted by atomic mass is 10.1. The fourth-order valence-corrected chi connectivity index (χ4v) is 3.14. The van der Waals surface area contributed by atoms with Crippen LogP contribution in [0.1, 0.15) is 34.8 Å². The van der Waals surface area contributed by atoms with Gasteiger partial charge in [0.05, 0.1) is 16.6 Å². The van der Waals surface area contributed by atoms with Gasteiger partial charge in [-0.05, 0) is 24.1 Å². The number of hydrogen-bond donors (Lipinski definition) is 1. The van der Waals surface area contributed by atoms with Crippen LogP contribution in [0.4, 0.5) is 0 Å². The van der Waals surface area contributed by atoms with E-state index in [4.69, 9.17) is 11.6 Å². The minimum absolute atomic E-state index is 0.142. The highest BCUT2D eigenvalue weighted by molar-refractivity contribution is 6.33. The van der Waals surface area contributed by atoms with Gasteiger partial charge in [0.15, 0.2) is 0 Å². The van der Waals surface area contributed by atoms with Crippen molar-refractivity contribution >= 4 is 23.4 Å². The second kappa shape index (κ2) is 7.49. The molecule has 24 heavy (non-hydrogen) atoms. The third kappa shape index (κ3) is 3.77. The Labute approximate surface area is 146 Å². The molecule has 124 valence electrons. The van der Waals surface area contributed by atoms with Crippen molar-refractivity contribution < 1.29 is 9.59 Å². The molecule has 2 aromatic rings. The predicted octanol–water partition coefficient (Wildman–Crippen LogP) is 3.43. The standard InChI is InChI=1S/C19H19ClN2O2/c20-16-10-5-4-9-15(16)19(24)21-17(14-7-2-1-3-8-14)13-22-12-6-11-18(22)23/h1-5,7-10,17H,6,11-13H2,(H,21,24)/t17-/m1/s1. The molecule has 0 bridgehead atoms. The van der Waals surface area contributed by atoms with E-state index in [1.807, 2.05) is 35.2 Å². The van der Waals surface area contributed by atoms with Crippen molar-refractivity contribution in [3.8, 4) is 0 Å². The van der Waals surface area contributed by atoms with E-state index in [0.29, 0.717) is 23.6 Å². The van der Waals surface area contributed by atoms with Crippen molar-refractivity contribution in [1.82, 2.24) is 10.2 Å². The third-order valence-electron chi connectivity index (χ3n) is 4.20. The molecule has 5 heteroatoms. The van der Waals surface area contributed by atoms with Gasteiger partial charge < -0.3 is 10.2 Å². The molecular weight excluding hydrogens is 324 g/mol. The van der Waals surface area contributed by atoms with E-state index in [1.54, 1.807) is 24.3 Å². The molecule has 1 atom stereocenters. The van der Waals surface area contributed by atoms with E-state index in [9.17, 15) is 9.59 Å². The molecule has 0 aliphatic carbocycles. The van der Waals surface area contributed by atoms with E-state index < -0.39 is 0 Å². The van der Waals surface area contributed by atoms with E-state index in [2.05, 4.69) is 5.32 Å². The molecule has 1 saturated heterocycles. The van der Waals surface area contributed by atoms with Crippen LogP contribution in [0.25, 0.3) is 0 Å². The van der Waals surface area contributed by atoms with Gasteiger partial charge in [-0.25, -0.2) is 0 Å². The number of benzene rings is 2. The second-order valence-corrected chi connectivity index (χ2v) is 6.27. The first-order chi connectivity index (χ1) is 11.6. The van der Waals surface area contributed by atoms with Crippen LogP contribution in [0, 0.1) is 0 Å². The van der Waals surface area contributed by atoms with Gasteiger partial charge in [0.1, 0.15) is 0 Å². The summed E-state index contributed by atoms with van der Waals surface area (Å²) in [4.78, 5) is 26.4. The molecule has 0 unspecified atom stereocenters. The summed E-state index contributed by atoms with van der Waals surface area (Å²) in [6, 6.07) is 16.4. The summed E-state index contributed by atoms with van der Waals surface area (Å²) in [6.45, 7) is 1.21. The van der Waals surface area contributed by atoms with Gasteiger partial charge in [-0.1, -0.05) is 54.1 Å². The number of rotatable bonds is 5. The van der Waals surface area contributed by atoms with Gasteiger partial charge in [-0.3, -0.25) is 9.59 Å². The highest BCUT2D eigenvalue weighted by Crippen LogP contribution is 2.21. The Bertz CT molecular complexity index is 733. The first-order valence-corrected chi connectivity index (χ1v) is 8.41. The summed E-state index contributed by atoms with van der Waals surface area (Å²) in [5, 5.41) is 3.44. The van der Waals surface area contributed by atoms with Gasteiger partial charge in [0, 0.05) is 19.5 Å². The summed E-state index contributed by atoms with van der Waals surface area (Å²) >= 11 is 6.12. The number of halogens is 1. The van der Waals surface area contributed by atoms with E-state index in [-0.39, 0.29) is 17.9 Å². The summed E-state index contributed by atoms with van der Waals surface area (Å²) in [6.07, 6.45) is 1.46. The number of carbonyl (C=O) groups excluding carboxylic acids is 2. The average molecular weight is 343 g/mol. The van der Waals surface area contributed by atoms with Crippen LogP contribution in [0.15, 0.2) is 54.6 Å². The Balaban J connectivity index is 1.81. The predicted molar refractivity (Wildman–Crippen MR) is 93.9 cm³/mol. The minimum Gasteiger partial charge on any atom is -0.343 e. The molecule has 3 rings (SSSR count). The zero-order chi connectivity index (χ0) is 16.9. The Kier molecular flexibility index (Phi) is 5.16. The zero-order valence-electron chi connectivity index (χ0n) is 13.2. The Hall–Kier alpha value is -2.33. The van der Waals surface area contributed by atoms with Crippen LogP contribution in [0.3, 0.4) is 0 Å². The third-order valence-corrected chi connectivity index (χ3v) is 4.53. The first-order valence-electron chi connectivity index (χ1n) is 8.03. The largest absolute Gasteiger partial charge is 0.343 e. The Morgan fingerprint density at radius 2 is 1.83 bits per heavy atom. The van der Waals surface area contributed by atoms with Crippen molar-refractivity contribution in [3.63, 3.8) is 0 Å². The van der Waals surface area contributed by atoms with Gasteiger partial charge in [0.25, 0.3) is 5.91 Å². The van der Waals surface area contributed by atoms with Gasteiger partial charge >= 0.3 is 0 Å². The average Bonchev–Trinajstić information content (AvgIpc) is 3.00. The molecule has 2 aromatic carbocycles. The van der Waals surface area contributed by atoms with Crippen molar-refractivity contribution in [2.45, 2.75) is 18.9 Å². The fourth-order valence-electron chi connectivity index (χ4n) is 2.92. The highest BCUT2D eigenvalue weighted by atomic mass is 35.5. The maximum atomic E-state index is 12.6. The molecule has 1 N–H and O–H groups in total. The zero-order valence-corrected chi connectivity index (χ0v) is 14.0. The molecule has 1 aliphatic heterocycles. The number of nitrogens with one attached hydrogen (secondary N) is 1. The molecule has 2 amide bonds. The lowest BCUT2D eigenvalue weighted by Gasteiger charge is -2.25. The Morgan fingerprint density at radius 3 is 2.50 bits per heavy atom. The number of amides is 2. The molecule has 0 spiro atoms. The molecule has 1 heterocycles. The van der Waals surface area contributed by atoms with Gasteiger partial charge in [0.2, 0.25) is 5.91 Å². The maximum absolute atomic E-state index is 12.6. The molecule has 1 aliphatic rings. The molecular formula is C19H19ClN2O2. The summed E-state index contributed by atoms with van der Waals surface area (Å²) in [7, 11) is 0. The number of likely N-dealkylation sites (tertiary alicyclic amines) is 1. The van der Waals surface area contributed by atoms with Crippen molar-refractivity contribution in [2.24, 2.45) is 0 Å². The second-order valence-electron chi connectivity index (χ2n) is 5.86. The van der Waals surface area contributed by atoms with Crippen LogP contribution in [0.2, 0.25) is 5.02 Å². The summed E-state index contributed by atoms with van der Waals surface area (Å²) < 4.78 is 0. The maximum Gasteiger partial charge on any atom is 0.253 e. The minimum atomic E-state index is -0.267. The Morgan fingerprint density at radius 1 is 1.12 bits per heavy atom. The van der Waals surface area contributed by atoms with Gasteiger partial charge in [-0.15, -0.1) is 0 Å². The lowest BCUT2D eigenvalue weighted by Crippen LogP contribution is -2.38. The van der Waals surface area contributed by atoms with Crippen LogP contribution in [0.5, 0.6) is 0 Å². The summed E-state index contributed by atoms with van der Waals surface area (Å²) in [5.74, 6) is -0.0935. The molecule has 4 nitrogen and oxygen atoms in total. The van der Waals surface area contributed by atoms with Crippen LogP contribution < -0.4 is 5.32 Å². The lowest BCUT2D eigenvalue weighted by molar-refractivity contribution is -0.128. The number of hydrogen-bond acceptors (Lipinski definition) is 2. The van der Waals surface area contributed by atoms with Crippen LogP contribution in [-0.2, 0) is 4.79 Å². The summed E-state index contributed by atoms with van der Waals surface area (Å²) in [5.41, 5.74) is 1.41. The highest BCUT2D eigenvalue weighted by Gasteiger charge is 2.25. The van der Waals surface area contributed by atoms with E-state index in [0.717, 1.165) is 18.5 Å². The van der Waals surface area contributed by atoms with E-state index >= 15 is 0 Å². The van der Waals surface area contributed by atoms with Crippen molar-refractivity contribution in [3.05, 3.63) is 70.7 Å². The monoisotopic (exact) mass is 342 g/mol. The normalized spacial score (nSPS) is 15.4. The number of carbonyl (C=O) groups is 2. The molecule has 1 fully saturated rings. The topological polar surface area (TPSA) is 49.4 Å². The molecule has 0 radical (unpaired) electrons. The van der Waals surface area contributed by atoms with Crippen molar-refractivity contribution in [2.75, 3.05) is 13.1 Å². The quantitative estimate of drug-likeness (QED) is 0.905. The number of nitrogens with zero attached hydrogens (tertiary/aromatic N) is 1. The van der Waals surface area contributed by atoms with Gasteiger partial charge in [-0.2, -0.15) is 0 Å². The smallest absolute Gasteiger partial charge is 0.253 e. The van der Waals surface area contributed by atoms with E-state index in [1.165, 1.54) is 0 Å². The van der Waals surface area contributed by atoms with Crippen LogP contribution in [-0.4, -0.2) is 29.8 Å². The SMILES string of the molecule is O=C(N[C@H](CN1CCCC1=O)c1ccccc1)c1ccccc1Cl. The van der Waals surface area contributed by atoms with Crippen LogP contribution >= 0.6 is 11.6 Å². The van der Waals surface area contributed by atoms with Crippen molar-refractivity contribution in [1.29, 1.82) is 0 Å². The molecule has 0 aromatic heterocycles. The fraction of sp³-hybridized carbons (Fsp3) is 0.263.